The fraction of sp³-hybridized carbons (Fsp3) is 0.188. The average Bonchev–Trinajstić information content (AvgIpc) is 2.50. The standard InChI is InChI=1S/C16H12ClF2NOS/c17-9-1-3-13(19)11(7-9)16(21)20-14-5-6-22-15-4-2-10(18)8-12(14)15/h1-4,7-8,14H,5-6H2,(H,20,21)/t14-/m1/s1. The minimum Gasteiger partial charge on any atom is -0.345 e. The highest BCUT2D eigenvalue weighted by molar-refractivity contribution is 7.99. The van der Waals surface area contributed by atoms with Crippen molar-refractivity contribution in [1.82, 2.24) is 5.32 Å². The first kappa shape index (κ1) is 15.3. The third kappa shape index (κ3) is 3.10. The minimum atomic E-state index is -0.633. The highest BCUT2D eigenvalue weighted by Gasteiger charge is 2.24. The molecule has 2 aromatic rings. The van der Waals surface area contributed by atoms with Crippen LogP contribution in [0.15, 0.2) is 41.3 Å². The highest BCUT2D eigenvalue weighted by Crippen LogP contribution is 2.36. The molecular formula is C16H12ClF2NOS. The summed E-state index contributed by atoms with van der Waals surface area (Å²) in [5, 5.41) is 3.06. The second-order valence-corrected chi connectivity index (χ2v) is 6.54. The van der Waals surface area contributed by atoms with Gasteiger partial charge in [0, 0.05) is 15.7 Å². The number of rotatable bonds is 2. The first-order valence-electron chi connectivity index (χ1n) is 6.73. The molecule has 0 aromatic heterocycles. The van der Waals surface area contributed by atoms with E-state index in [2.05, 4.69) is 5.32 Å². The van der Waals surface area contributed by atoms with Gasteiger partial charge in [-0.05, 0) is 48.4 Å². The largest absolute Gasteiger partial charge is 0.345 e. The summed E-state index contributed by atoms with van der Waals surface area (Å²) in [6, 6.07) is 8.01. The normalized spacial score (nSPS) is 17.0. The van der Waals surface area contributed by atoms with E-state index in [4.69, 9.17) is 11.6 Å². The molecule has 22 heavy (non-hydrogen) atoms. The number of nitrogens with one attached hydrogen (secondary N) is 1. The summed E-state index contributed by atoms with van der Waals surface area (Å²) >= 11 is 7.42. The van der Waals surface area contributed by atoms with Crippen LogP contribution in [0.1, 0.15) is 28.4 Å². The number of thioether (sulfide) groups is 1. The van der Waals surface area contributed by atoms with Crippen LogP contribution in [-0.4, -0.2) is 11.7 Å². The molecule has 1 amide bonds. The summed E-state index contributed by atoms with van der Waals surface area (Å²) in [6.07, 6.45) is 0.662. The quantitative estimate of drug-likeness (QED) is 0.867. The van der Waals surface area contributed by atoms with Gasteiger partial charge in [0.05, 0.1) is 11.6 Å². The molecule has 2 nitrogen and oxygen atoms in total. The third-order valence-electron chi connectivity index (χ3n) is 3.49. The molecule has 114 valence electrons. The maximum Gasteiger partial charge on any atom is 0.254 e. The molecule has 1 atom stereocenters. The number of fused-ring (bicyclic) bond motifs is 1. The fourth-order valence-electron chi connectivity index (χ4n) is 2.42. The van der Waals surface area contributed by atoms with Gasteiger partial charge >= 0.3 is 0 Å². The zero-order valence-electron chi connectivity index (χ0n) is 11.4. The zero-order valence-corrected chi connectivity index (χ0v) is 13.0. The monoisotopic (exact) mass is 339 g/mol. The van der Waals surface area contributed by atoms with Crippen LogP contribution in [-0.2, 0) is 0 Å². The molecule has 0 bridgehead atoms. The van der Waals surface area contributed by atoms with Crippen LogP contribution in [0.4, 0.5) is 8.78 Å². The summed E-state index contributed by atoms with van der Waals surface area (Å²) in [5.74, 6) is -0.727. The van der Waals surface area contributed by atoms with Gasteiger partial charge in [-0.3, -0.25) is 4.79 Å². The SMILES string of the molecule is O=C(N[C@@H]1CCSc2ccc(F)cc21)c1cc(Cl)ccc1F. The molecule has 6 heteroatoms. The summed E-state index contributed by atoms with van der Waals surface area (Å²) in [7, 11) is 0. The van der Waals surface area contributed by atoms with Crippen molar-refractivity contribution < 1.29 is 13.6 Å². The van der Waals surface area contributed by atoms with Gasteiger partial charge in [0.2, 0.25) is 0 Å². The van der Waals surface area contributed by atoms with Crippen LogP contribution in [0.3, 0.4) is 0 Å². The van der Waals surface area contributed by atoms with Gasteiger partial charge in [-0.1, -0.05) is 11.6 Å². The number of amides is 1. The van der Waals surface area contributed by atoms with Gasteiger partial charge in [0.15, 0.2) is 0 Å². The van der Waals surface area contributed by atoms with Crippen LogP contribution in [0.2, 0.25) is 5.02 Å². The number of hydrogen-bond acceptors (Lipinski definition) is 2. The summed E-state index contributed by atoms with van der Waals surface area (Å²) in [6.45, 7) is 0. The van der Waals surface area contributed by atoms with Gasteiger partial charge in [-0.15, -0.1) is 11.8 Å². The number of carbonyl (C=O) groups is 1. The fourth-order valence-corrected chi connectivity index (χ4v) is 3.70. The number of hydrogen-bond donors (Lipinski definition) is 1. The lowest BCUT2D eigenvalue weighted by atomic mass is 10.0. The Kier molecular flexibility index (Phi) is 4.36. The van der Waals surface area contributed by atoms with E-state index in [1.807, 2.05) is 0 Å². The van der Waals surface area contributed by atoms with Crippen LogP contribution in [0.5, 0.6) is 0 Å². The molecule has 3 rings (SSSR count). The van der Waals surface area contributed by atoms with Crippen molar-refractivity contribution in [2.45, 2.75) is 17.4 Å². The van der Waals surface area contributed by atoms with Gasteiger partial charge in [-0.25, -0.2) is 8.78 Å². The van der Waals surface area contributed by atoms with Crippen molar-refractivity contribution in [3.63, 3.8) is 0 Å². The lowest BCUT2D eigenvalue weighted by molar-refractivity contribution is 0.0931. The van der Waals surface area contributed by atoms with E-state index >= 15 is 0 Å². The van der Waals surface area contributed by atoms with Crippen molar-refractivity contribution in [2.24, 2.45) is 0 Å². The van der Waals surface area contributed by atoms with Crippen LogP contribution in [0, 0.1) is 11.6 Å². The lowest BCUT2D eigenvalue weighted by Crippen LogP contribution is -2.31. The van der Waals surface area contributed by atoms with Gasteiger partial charge in [0.1, 0.15) is 11.6 Å². The molecule has 0 saturated heterocycles. The van der Waals surface area contributed by atoms with Gasteiger partial charge < -0.3 is 5.32 Å². The van der Waals surface area contributed by atoms with E-state index in [9.17, 15) is 13.6 Å². The first-order valence-corrected chi connectivity index (χ1v) is 8.09. The van der Waals surface area contributed by atoms with Gasteiger partial charge in [-0.2, -0.15) is 0 Å². The molecular weight excluding hydrogens is 328 g/mol. The van der Waals surface area contributed by atoms with Crippen molar-refractivity contribution in [3.8, 4) is 0 Å². The second kappa shape index (κ2) is 6.26. The van der Waals surface area contributed by atoms with E-state index in [0.717, 1.165) is 22.3 Å². The Morgan fingerprint density at radius 1 is 1.23 bits per heavy atom. The van der Waals surface area contributed by atoms with E-state index in [1.165, 1.54) is 24.3 Å². The number of benzene rings is 2. The van der Waals surface area contributed by atoms with E-state index in [-0.39, 0.29) is 22.4 Å². The Labute approximate surface area is 135 Å². The van der Waals surface area contributed by atoms with E-state index < -0.39 is 11.7 Å². The van der Waals surface area contributed by atoms with Crippen LogP contribution in [0.25, 0.3) is 0 Å². The van der Waals surface area contributed by atoms with Crippen molar-refractivity contribution >= 4 is 29.3 Å². The lowest BCUT2D eigenvalue weighted by Gasteiger charge is -2.26. The summed E-state index contributed by atoms with van der Waals surface area (Å²) in [5.41, 5.74) is 0.621. The summed E-state index contributed by atoms with van der Waals surface area (Å²) in [4.78, 5) is 13.2. The van der Waals surface area contributed by atoms with Crippen molar-refractivity contribution in [2.75, 3.05) is 5.75 Å². The maximum atomic E-state index is 13.8. The smallest absolute Gasteiger partial charge is 0.254 e. The van der Waals surface area contributed by atoms with E-state index in [1.54, 1.807) is 17.8 Å². The van der Waals surface area contributed by atoms with Crippen LogP contribution >= 0.6 is 23.4 Å². The second-order valence-electron chi connectivity index (χ2n) is 4.97. The molecule has 0 radical (unpaired) electrons. The average molecular weight is 340 g/mol. The Morgan fingerprint density at radius 2 is 2.05 bits per heavy atom. The third-order valence-corrected chi connectivity index (χ3v) is 4.85. The summed E-state index contributed by atoms with van der Waals surface area (Å²) < 4.78 is 27.2. The molecule has 2 aromatic carbocycles. The molecule has 0 unspecified atom stereocenters. The number of halogens is 3. The molecule has 0 saturated carbocycles. The maximum absolute atomic E-state index is 13.8. The predicted octanol–water partition coefficient (Wildman–Crippen LogP) is 4.59. The molecule has 0 aliphatic carbocycles. The molecule has 0 fully saturated rings. The topological polar surface area (TPSA) is 29.1 Å². The molecule has 1 aliphatic rings. The Morgan fingerprint density at radius 3 is 2.86 bits per heavy atom. The molecule has 1 aliphatic heterocycles. The first-order chi connectivity index (χ1) is 10.5. The predicted molar refractivity (Wildman–Crippen MR) is 83.4 cm³/mol. The number of carbonyl (C=O) groups excluding carboxylic acids is 1. The Hall–Kier alpha value is -1.59. The Balaban J connectivity index is 1.87. The minimum absolute atomic E-state index is 0.108. The molecule has 1 heterocycles. The van der Waals surface area contributed by atoms with Crippen molar-refractivity contribution in [1.29, 1.82) is 0 Å². The Bertz CT molecular complexity index is 738. The molecule has 0 spiro atoms. The van der Waals surface area contributed by atoms with Gasteiger partial charge in [0.25, 0.3) is 5.91 Å². The van der Waals surface area contributed by atoms with E-state index in [0.29, 0.717) is 6.42 Å². The zero-order chi connectivity index (χ0) is 15.7. The highest BCUT2D eigenvalue weighted by atomic mass is 35.5. The molecule has 1 N–H and O–H groups in total. The van der Waals surface area contributed by atoms with Crippen LogP contribution < -0.4 is 5.32 Å². The van der Waals surface area contributed by atoms with Crippen molar-refractivity contribution in [3.05, 3.63) is 64.2 Å².